The van der Waals surface area contributed by atoms with Gasteiger partial charge in [0.1, 0.15) is 0 Å². The minimum Gasteiger partial charge on any atom is -0.322 e. The van der Waals surface area contributed by atoms with Gasteiger partial charge in [-0.25, -0.2) is 0 Å². The molecule has 2 aromatic carbocycles. The van der Waals surface area contributed by atoms with Crippen molar-refractivity contribution >= 4 is 11.6 Å². The molecule has 3 heteroatoms. The zero-order valence-electron chi connectivity index (χ0n) is 10.3. The van der Waals surface area contributed by atoms with Crippen molar-refractivity contribution in [1.82, 2.24) is 0 Å². The van der Waals surface area contributed by atoms with Crippen molar-refractivity contribution in [1.29, 1.82) is 0 Å². The monoisotopic (exact) mass is 240 g/mol. The second-order valence-electron chi connectivity index (χ2n) is 4.07. The van der Waals surface area contributed by atoms with Gasteiger partial charge in [-0.05, 0) is 23.3 Å². The zero-order chi connectivity index (χ0) is 13.0. The molecule has 0 atom stereocenters. The summed E-state index contributed by atoms with van der Waals surface area (Å²) >= 11 is 0. The molecule has 2 rings (SSSR count). The van der Waals surface area contributed by atoms with E-state index in [4.69, 9.17) is 5.73 Å². The van der Waals surface area contributed by atoms with Crippen LogP contribution in [0.15, 0.2) is 54.6 Å². The number of anilines is 1. The van der Waals surface area contributed by atoms with E-state index in [2.05, 4.69) is 12.1 Å². The Morgan fingerprint density at radius 3 is 2.11 bits per heavy atom. The molecule has 1 amide bonds. The molecular weight excluding hydrogens is 224 g/mol. The maximum Gasteiger partial charge on any atom is 0.240 e. The Morgan fingerprint density at radius 1 is 1.00 bits per heavy atom. The van der Waals surface area contributed by atoms with E-state index in [0.717, 1.165) is 16.8 Å². The average Bonchev–Trinajstić information content (AvgIpc) is 2.47. The van der Waals surface area contributed by atoms with E-state index in [9.17, 15) is 4.79 Å². The SMILES string of the molecule is CN(C(=O)CN)c1ccc(-c2ccccc2)cc1. The largest absolute Gasteiger partial charge is 0.322 e. The molecule has 0 unspecified atom stereocenters. The first-order chi connectivity index (χ1) is 8.72. The van der Waals surface area contributed by atoms with E-state index >= 15 is 0 Å². The number of benzene rings is 2. The van der Waals surface area contributed by atoms with Gasteiger partial charge >= 0.3 is 0 Å². The standard InChI is InChI=1S/C15H16N2O/c1-17(15(18)11-16)14-9-7-13(8-10-14)12-5-3-2-4-6-12/h2-10H,11,16H2,1H3. The normalized spacial score (nSPS) is 10.1. The Balaban J connectivity index is 2.23. The van der Waals surface area contributed by atoms with Crippen molar-refractivity contribution in [3.8, 4) is 11.1 Å². The molecule has 2 aromatic rings. The Bertz CT molecular complexity index is 520. The summed E-state index contributed by atoms with van der Waals surface area (Å²) in [5.74, 6) is -0.0949. The van der Waals surface area contributed by atoms with E-state index in [0.29, 0.717) is 0 Å². The predicted octanol–water partition coefficient (Wildman–Crippen LogP) is 2.28. The Morgan fingerprint density at radius 2 is 1.56 bits per heavy atom. The lowest BCUT2D eigenvalue weighted by Crippen LogP contribution is -2.32. The van der Waals surface area contributed by atoms with Crippen molar-refractivity contribution in [3.63, 3.8) is 0 Å². The number of hydrogen-bond donors (Lipinski definition) is 1. The third-order valence-electron chi connectivity index (χ3n) is 2.91. The third kappa shape index (κ3) is 2.57. The molecule has 0 aliphatic rings. The van der Waals surface area contributed by atoms with Crippen molar-refractivity contribution < 1.29 is 4.79 Å². The Kier molecular flexibility index (Phi) is 3.75. The van der Waals surface area contributed by atoms with Gasteiger partial charge in [-0.3, -0.25) is 4.79 Å². The number of hydrogen-bond acceptors (Lipinski definition) is 2. The van der Waals surface area contributed by atoms with Gasteiger partial charge in [-0.1, -0.05) is 42.5 Å². The van der Waals surface area contributed by atoms with Crippen LogP contribution in [0, 0.1) is 0 Å². The quantitative estimate of drug-likeness (QED) is 0.894. The van der Waals surface area contributed by atoms with Crippen LogP contribution in [0.1, 0.15) is 0 Å². The maximum absolute atomic E-state index is 11.5. The molecule has 0 aliphatic heterocycles. The van der Waals surface area contributed by atoms with Crippen molar-refractivity contribution in [2.75, 3.05) is 18.5 Å². The number of likely N-dealkylation sites (N-methyl/N-ethyl adjacent to an activating group) is 1. The topological polar surface area (TPSA) is 46.3 Å². The van der Waals surface area contributed by atoms with Crippen LogP contribution in [0.5, 0.6) is 0 Å². The number of nitrogens with two attached hydrogens (primary N) is 1. The molecule has 92 valence electrons. The van der Waals surface area contributed by atoms with E-state index in [1.807, 2.05) is 42.5 Å². The molecule has 0 fully saturated rings. The lowest BCUT2D eigenvalue weighted by atomic mass is 10.1. The highest BCUT2D eigenvalue weighted by atomic mass is 16.2. The summed E-state index contributed by atoms with van der Waals surface area (Å²) in [7, 11) is 1.73. The highest BCUT2D eigenvalue weighted by Crippen LogP contribution is 2.22. The molecule has 2 N–H and O–H groups in total. The summed E-state index contributed by atoms with van der Waals surface area (Å²) in [6.07, 6.45) is 0. The second kappa shape index (κ2) is 5.47. The fourth-order valence-corrected chi connectivity index (χ4v) is 1.79. The lowest BCUT2D eigenvalue weighted by molar-refractivity contribution is -0.117. The molecule has 0 heterocycles. The molecule has 0 aliphatic carbocycles. The average molecular weight is 240 g/mol. The van der Waals surface area contributed by atoms with Gasteiger partial charge in [0, 0.05) is 12.7 Å². The minimum absolute atomic E-state index is 0.0247. The molecule has 0 bridgehead atoms. The molecule has 3 nitrogen and oxygen atoms in total. The Labute approximate surface area is 107 Å². The van der Waals surface area contributed by atoms with Crippen molar-refractivity contribution in [3.05, 3.63) is 54.6 Å². The highest BCUT2D eigenvalue weighted by molar-refractivity contribution is 5.94. The minimum atomic E-state index is -0.0949. The molecule has 0 saturated heterocycles. The molecule has 0 spiro atoms. The predicted molar refractivity (Wildman–Crippen MR) is 74.3 cm³/mol. The van der Waals surface area contributed by atoms with E-state index in [1.54, 1.807) is 11.9 Å². The van der Waals surface area contributed by atoms with Gasteiger partial charge in [-0.2, -0.15) is 0 Å². The van der Waals surface area contributed by atoms with Crippen LogP contribution in [0.25, 0.3) is 11.1 Å². The fraction of sp³-hybridized carbons (Fsp3) is 0.133. The summed E-state index contributed by atoms with van der Waals surface area (Å²) in [6.45, 7) is 0.0247. The van der Waals surface area contributed by atoms with Gasteiger partial charge in [0.25, 0.3) is 0 Å². The second-order valence-corrected chi connectivity index (χ2v) is 4.07. The highest BCUT2D eigenvalue weighted by Gasteiger charge is 2.08. The number of nitrogens with zero attached hydrogens (tertiary/aromatic N) is 1. The third-order valence-corrected chi connectivity index (χ3v) is 2.91. The van der Waals surface area contributed by atoms with Gasteiger partial charge in [-0.15, -0.1) is 0 Å². The summed E-state index contributed by atoms with van der Waals surface area (Å²) in [5.41, 5.74) is 8.49. The van der Waals surface area contributed by atoms with Gasteiger partial charge in [0.15, 0.2) is 0 Å². The molecule has 0 aromatic heterocycles. The molecule has 0 saturated carbocycles. The molecule has 18 heavy (non-hydrogen) atoms. The number of carbonyl (C=O) groups excluding carboxylic acids is 1. The first-order valence-corrected chi connectivity index (χ1v) is 5.84. The first-order valence-electron chi connectivity index (χ1n) is 5.84. The van der Waals surface area contributed by atoms with E-state index in [-0.39, 0.29) is 12.5 Å². The van der Waals surface area contributed by atoms with Crippen molar-refractivity contribution in [2.24, 2.45) is 5.73 Å². The van der Waals surface area contributed by atoms with Gasteiger partial charge in [0.05, 0.1) is 6.54 Å². The van der Waals surface area contributed by atoms with E-state index in [1.165, 1.54) is 0 Å². The molecule has 0 radical (unpaired) electrons. The van der Waals surface area contributed by atoms with Crippen LogP contribution in [0.4, 0.5) is 5.69 Å². The maximum atomic E-state index is 11.5. The van der Waals surface area contributed by atoms with Crippen LogP contribution >= 0.6 is 0 Å². The summed E-state index contributed by atoms with van der Waals surface area (Å²) in [6, 6.07) is 18.0. The first kappa shape index (κ1) is 12.3. The van der Waals surface area contributed by atoms with Crippen LogP contribution in [-0.2, 0) is 4.79 Å². The smallest absolute Gasteiger partial charge is 0.240 e. The van der Waals surface area contributed by atoms with Crippen LogP contribution < -0.4 is 10.6 Å². The lowest BCUT2D eigenvalue weighted by Gasteiger charge is -2.16. The summed E-state index contributed by atoms with van der Waals surface area (Å²) < 4.78 is 0. The zero-order valence-corrected chi connectivity index (χ0v) is 10.3. The number of rotatable bonds is 3. The summed E-state index contributed by atoms with van der Waals surface area (Å²) in [4.78, 5) is 13.0. The fourth-order valence-electron chi connectivity index (χ4n) is 1.79. The van der Waals surface area contributed by atoms with Crippen LogP contribution in [0.2, 0.25) is 0 Å². The van der Waals surface area contributed by atoms with Crippen LogP contribution in [-0.4, -0.2) is 19.5 Å². The molecular formula is C15H16N2O. The number of amides is 1. The Hall–Kier alpha value is -2.13. The van der Waals surface area contributed by atoms with Crippen molar-refractivity contribution in [2.45, 2.75) is 0 Å². The van der Waals surface area contributed by atoms with Gasteiger partial charge in [0.2, 0.25) is 5.91 Å². The van der Waals surface area contributed by atoms with Gasteiger partial charge < -0.3 is 10.6 Å². The van der Waals surface area contributed by atoms with E-state index < -0.39 is 0 Å². The summed E-state index contributed by atoms with van der Waals surface area (Å²) in [5, 5.41) is 0. The number of carbonyl (C=O) groups is 1. The van der Waals surface area contributed by atoms with Crippen LogP contribution in [0.3, 0.4) is 0 Å².